The topological polar surface area (TPSA) is 97.0 Å². The summed E-state index contributed by atoms with van der Waals surface area (Å²) < 4.78 is 5.03. The highest BCUT2D eigenvalue weighted by Gasteiger charge is 2.08. The third-order valence-corrected chi connectivity index (χ3v) is 2.71. The number of rotatable bonds is 5. The minimum atomic E-state index is -0.534. The van der Waals surface area contributed by atoms with Crippen molar-refractivity contribution >= 4 is 17.6 Å². The van der Waals surface area contributed by atoms with Crippen LogP contribution in [0.15, 0.2) is 47.6 Å². The van der Waals surface area contributed by atoms with Crippen LogP contribution < -0.4 is 10.2 Å². The lowest BCUT2D eigenvalue weighted by Gasteiger charge is -2.02. The van der Waals surface area contributed by atoms with Crippen LogP contribution in [0.3, 0.4) is 0 Å². The van der Waals surface area contributed by atoms with Crippen LogP contribution in [0.2, 0.25) is 0 Å². The van der Waals surface area contributed by atoms with E-state index in [1.807, 2.05) is 0 Å². The third-order valence-electron chi connectivity index (χ3n) is 2.71. The van der Waals surface area contributed by atoms with Crippen LogP contribution in [-0.2, 0) is 0 Å². The standard InChI is InChI=1S/C14H13N3O4/c1-21-13-5-2-11(3-6-13)16-15-9-10-8-12(17(19)20)4-7-14(10)18/h2-9,16,18H,1H3/b15-9-. The Morgan fingerprint density at radius 1 is 1.29 bits per heavy atom. The number of benzene rings is 2. The molecule has 21 heavy (non-hydrogen) atoms. The van der Waals surface area contributed by atoms with Gasteiger partial charge in [-0.2, -0.15) is 5.10 Å². The predicted octanol–water partition coefficient (Wildman–Crippen LogP) is 2.76. The second kappa shape index (κ2) is 6.38. The number of phenols is 1. The van der Waals surface area contributed by atoms with Gasteiger partial charge in [0.05, 0.1) is 23.9 Å². The highest BCUT2D eigenvalue weighted by atomic mass is 16.6. The molecule has 0 aromatic heterocycles. The molecule has 0 atom stereocenters. The number of hydrogen-bond donors (Lipinski definition) is 2. The lowest BCUT2D eigenvalue weighted by molar-refractivity contribution is -0.384. The van der Waals surface area contributed by atoms with Crippen molar-refractivity contribution in [1.82, 2.24) is 0 Å². The number of non-ortho nitro benzene ring substituents is 1. The maximum absolute atomic E-state index is 10.7. The van der Waals surface area contributed by atoms with Gasteiger partial charge >= 0.3 is 0 Å². The summed E-state index contributed by atoms with van der Waals surface area (Å²) in [5, 5.41) is 24.2. The van der Waals surface area contributed by atoms with Gasteiger partial charge in [-0.25, -0.2) is 0 Å². The van der Waals surface area contributed by atoms with Crippen molar-refractivity contribution in [3.63, 3.8) is 0 Å². The number of anilines is 1. The summed E-state index contributed by atoms with van der Waals surface area (Å²) in [4.78, 5) is 10.1. The van der Waals surface area contributed by atoms with Crippen molar-refractivity contribution < 1.29 is 14.8 Å². The van der Waals surface area contributed by atoms with Crippen LogP contribution in [-0.4, -0.2) is 23.4 Å². The summed E-state index contributed by atoms with van der Waals surface area (Å²) >= 11 is 0. The summed E-state index contributed by atoms with van der Waals surface area (Å²) in [6, 6.07) is 10.8. The third kappa shape index (κ3) is 3.69. The molecule has 0 aliphatic heterocycles. The zero-order valence-corrected chi connectivity index (χ0v) is 11.2. The number of nitro groups is 1. The molecule has 108 valence electrons. The predicted molar refractivity (Wildman–Crippen MR) is 79.0 cm³/mol. The summed E-state index contributed by atoms with van der Waals surface area (Å²) in [5.41, 5.74) is 3.62. The lowest BCUT2D eigenvalue weighted by Crippen LogP contribution is -1.93. The molecule has 0 saturated heterocycles. The van der Waals surface area contributed by atoms with Crippen LogP contribution >= 0.6 is 0 Å². The number of phenolic OH excluding ortho intramolecular Hbond substituents is 1. The molecule has 2 N–H and O–H groups in total. The van der Waals surface area contributed by atoms with Gasteiger partial charge in [-0.15, -0.1) is 0 Å². The van der Waals surface area contributed by atoms with Gasteiger partial charge in [0.1, 0.15) is 11.5 Å². The molecule has 0 heterocycles. The fraction of sp³-hybridized carbons (Fsp3) is 0.0714. The minimum absolute atomic E-state index is 0.0825. The Labute approximate surface area is 120 Å². The molecule has 0 unspecified atom stereocenters. The first kappa shape index (κ1) is 14.3. The molecule has 0 radical (unpaired) electrons. The largest absolute Gasteiger partial charge is 0.507 e. The minimum Gasteiger partial charge on any atom is -0.507 e. The average molecular weight is 287 g/mol. The van der Waals surface area contributed by atoms with Gasteiger partial charge < -0.3 is 9.84 Å². The van der Waals surface area contributed by atoms with Crippen molar-refractivity contribution in [3.8, 4) is 11.5 Å². The molecule has 0 aliphatic carbocycles. The van der Waals surface area contributed by atoms with Gasteiger partial charge in [0.2, 0.25) is 0 Å². The highest BCUT2D eigenvalue weighted by Crippen LogP contribution is 2.21. The lowest BCUT2D eigenvalue weighted by atomic mass is 10.2. The van der Waals surface area contributed by atoms with E-state index in [-0.39, 0.29) is 17.0 Å². The first-order valence-electron chi connectivity index (χ1n) is 6.00. The average Bonchev–Trinajstić information content (AvgIpc) is 2.49. The van der Waals surface area contributed by atoms with E-state index >= 15 is 0 Å². The van der Waals surface area contributed by atoms with Gasteiger partial charge in [-0.05, 0) is 30.3 Å². The molecular formula is C14H13N3O4. The van der Waals surface area contributed by atoms with Crippen LogP contribution in [0.4, 0.5) is 11.4 Å². The first-order valence-corrected chi connectivity index (χ1v) is 6.00. The molecule has 7 heteroatoms. The molecule has 0 spiro atoms. The van der Waals surface area contributed by atoms with Gasteiger partial charge in [-0.1, -0.05) is 0 Å². The maximum atomic E-state index is 10.7. The van der Waals surface area contributed by atoms with E-state index in [0.717, 1.165) is 11.4 Å². The fourth-order valence-corrected chi connectivity index (χ4v) is 1.60. The van der Waals surface area contributed by atoms with E-state index in [9.17, 15) is 15.2 Å². The molecule has 2 aromatic carbocycles. The number of nitrogens with one attached hydrogen (secondary N) is 1. The normalized spacial score (nSPS) is 10.5. The highest BCUT2D eigenvalue weighted by molar-refractivity contribution is 5.84. The molecule has 7 nitrogen and oxygen atoms in total. The molecule has 0 bridgehead atoms. The monoisotopic (exact) mass is 287 g/mol. The molecule has 2 rings (SSSR count). The number of hydrogen-bond acceptors (Lipinski definition) is 6. The number of nitro benzene ring substituents is 1. The van der Waals surface area contributed by atoms with E-state index in [0.29, 0.717) is 0 Å². The SMILES string of the molecule is COc1ccc(N/N=C\c2cc([N+](=O)[O-])ccc2O)cc1. The van der Waals surface area contributed by atoms with Crippen molar-refractivity contribution in [3.05, 3.63) is 58.1 Å². The summed E-state index contributed by atoms with van der Waals surface area (Å²) in [6.45, 7) is 0. The van der Waals surface area contributed by atoms with Crippen molar-refractivity contribution in [2.24, 2.45) is 5.10 Å². The van der Waals surface area contributed by atoms with Crippen LogP contribution in [0, 0.1) is 10.1 Å². The number of hydrazone groups is 1. The van der Waals surface area contributed by atoms with Crippen molar-refractivity contribution in [2.75, 3.05) is 12.5 Å². The van der Waals surface area contributed by atoms with Gasteiger partial charge in [-0.3, -0.25) is 15.5 Å². The quantitative estimate of drug-likeness (QED) is 0.500. The van der Waals surface area contributed by atoms with Crippen molar-refractivity contribution in [2.45, 2.75) is 0 Å². The Morgan fingerprint density at radius 3 is 2.62 bits per heavy atom. The van der Waals surface area contributed by atoms with Gasteiger partial charge in [0.15, 0.2) is 0 Å². The maximum Gasteiger partial charge on any atom is 0.270 e. The zero-order chi connectivity index (χ0) is 15.2. The Balaban J connectivity index is 2.09. The van der Waals surface area contributed by atoms with Gasteiger partial charge in [0.25, 0.3) is 5.69 Å². The van der Waals surface area contributed by atoms with Crippen LogP contribution in [0.25, 0.3) is 0 Å². The summed E-state index contributed by atoms with van der Waals surface area (Å²) in [6.07, 6.45) is 1.31. The second-order valence-corrected chi connectivity index (χ2v) is 4.10. The summed E-state index contributed by atoms with van der Waals surface area (Å²) in [5.74, 6) is 0.640. The van der Waals surface area contributed by atoms with Crippen LogP contribution in [0.5, 0.6) is 11.5 Å². The molecule has 0 fully saturated rings. The van der Waals surface area contributed by atoms with E-state index in [2.05, 4.69) is 10.5 Å². The van der Waals surface area contributed by atoms with Crippen LogP contribution in [0.1, 0.15) is 5.56 Å². The molecule has 0 aliphatic rings. The number of methoxy groups -OCH3 is 1. The Morgan fingerprint density at radius 2 is 2.00 bits per heavy atom. The van der Waals surface area contributed by atoms with Gasteiger partial charge in [0, 0.05) is 17.7 Å². The van der Waals surface area contributed by atoms with E-state index in [4.69, 9.17) is 4.74 Å². The summed E-state index contributed by atoms with van der Waals surface area (Å²) in [7, 11) is 1.58. The Kier molecular flexibility index (Phi) is 4.35. The first-order chi connectivity index (χ1) is 10.1. The molecule has 0 amide bonds. The van der Waals surface area contributed by atoms with E-state index in [1.54, 1.807) is 31.4 Å². The number of aromatic hydroxyl groups is 1. The van der Waals surface area contributed by atoms with E-state index in [1.165, 1.54) is 24.4 Å². The smallest absolute Gasteiger partial charge is 0.270 e. The number of ether oxygens (including phenoxy) is 1. The fourth-order valence-electron chi connectivity index (χ4n) is 1.60. The second-order valence-electron chi connectivity index (χ2n) is 4.10. The van der Waals surface area contributed by atoms with E-state index < -0.39 is 4.92 Å². The molecular weight excluding hydrogens is 274 g/mol. The number of nitrogens with zero attached hydrogens (tertiary/aromatic N) is 2. The molecule has 0 saturated carbocycles. The zero-order valence-electron chi connectivity index (χ0n) is 11.2. The Bertz CT molecular complexity index is 668. The van der Waals surface area contributed by atoms with Crippen molar-refractivity contribution in [1.29, 1.82) is 0 Å². The Hall–Kier alpha value is -3.09. The molecule has 2 aromatic rings.